The lowest BCUT2D eigenvalue weighted by Gasteiger charge is -2.08. The van der Waals surface area contributed by atoms with Gasteiger partial charge in [-0.05, 0) is 53.8 Å². The number of hydrogen-bond donors (Lipinski definition) is 0. The fourth-order valence-corrected chi connectivity index (χ4v) is 42.1. The first-order valence-corrected chi connectivity index (χ1v) is 39.2. The Morgan fingerprint density at radius 1 is 0.140 bits per heavy atom. The summed E-state index contributed by atoms with van der Waals surface area (Å²) >= 11 is 50.1. The normalized spacial score (nSPS) is 27.8. The molecule has 10 aliphatic heterocycles. The number of hydrogen-bond acceptors (Lipinski definition) is 24. The summed E-state index contributed by atoms with van der Waals surface area (Å²) in [6.07, 6.45) is 3.74. The van der Waals surface area contributed by atoms with Gasteiger partial charge in [-0.1, -0.05) is 141 Å². The molecule has 306 valence electrons. The average Bonchev–Trinajstić information content (AvgIpc) is 4.09. The second kappa shape index (κ2) is 23.6. The van der Waals surface area contributed by atoms with Gasteiger partial charge in [-0.2, -0.15) is 0 Å². The predicted molar refractivity (Wildman–Crippen MR) is 318 cm³/mol. The molecule has 0 aromatic heterocycles. The lowest BCUT2D eigenvalue weighted by molar-refractivity contribution is 1.13. The van der Waals surface area contributed by atoms with E-state index in [0.717, 1.165) is 0 Å². The van der Waals surface area contributed by atoms with Gasteiger partial charge < -0.3 is 0 Å². The van der Waals surface area contributed by atoms with Crippen molar-refractivity contribution in [2.75, 3.05) is 69.0 Å². The highest BCUT2D eigenvalue weighted by atomic mass is 32.3. The molecule has 10 heterocycles. The van der Waals surface area contributed by atoms with Crippen LogP contribution in [0.2, 0.25) is 0 Å². The minimum Gasteiger partial charge on any atom is -0.117 e. The molecule has 24 heteroatoms. The summed E-state index contributed by atoms with van der Waals surface area (Å²) in [5, 5.41) is 0. The minimum absolute atomic E-state index is 1.20. The maximum atomic E-state index is 2.14. The molecule has 57 heavy (non-hydrogen) atoms. The third kappa shape index (κ3) is 12.3. The molecular formula is C33H30S24. The van der Waals surface area contributed by atoms with Crippen LogP contribution in [0.1, 0.15) is 19.3 Å². The zero-order valence-electron chi connectivity index (χ0n) is 29.4. The van der Waals surface area contributed by atoms with E-state index < -0.39 is 0 Å². The van der Waals surface area contributed by atoms with Crippen LogP contribution in [0.15, 0.2) is 76.3 Å². The van der Waals surface area contributed by atoms with Crippen molar-refractivity contribution in [2.24, 2.45) is 0 Å². The van der Waals surface area contributed by atoms with Gasteiger partial charge in [0.15, 0.2) is 0 Å². The van der Waals surface area contributed by atoms with Crippen molar-refractivity contribution in [2.45, 2.75) is 19.3 Å². The van der Waals surface area contributed by atoms with Crippen LogP contribution in [0.25, 0.3) is 0 Å². The molecule has 0 nitrogen and oxygen atoms in total. The lowest BCUT2D eigenvalue weighted by Crippen LogP contribution is -1.88. The van der Waals surface area contributed by atoms with Gasteiger partial charge in [0.25, 0.3) is 0 Å². The standard InChI is InChI=1S/C33H30S24/c1-4-34-16-18(48-28(46-16)31-52-22-23(53-31)41-11-10-40-22)36-6-2-8-38-20-21(51-30(50-20)33-56-26-27(57-33)45-15-14-44-26)39-9-3-7-37-19-17(35-5-1)47-29(49-19)32-54-24-25(55-32)43-13-12-42-24/h1-15H2. The Morgan fingerprint density at radius 3 is 0.404 bits per heavy atom. The van der Waals surface area contributed by atoms with Crippen molar-refractivity contribution < 1.29 is 0 Å². The molecule has 0 N–H and O–H groups in total. The van der Waals surface area contributed by atoms with E-state index in [4.69, 9.17) is 0 Å². The van der Waals surface area contributed by atoms with E-state index in [1.807, 2.05) is 0 Å². The van der Waals surface area contributed by atoms with Crippen LogP contribution < -0.4 is 0 Å². The molecule has 10 aliphatic rings. The highest BCUT2D eigenvalue weighted by Gasteiger charge is 2.35. The van der Waals surface area contributed by atoms with Crippen molar-refractivity contribution in [3.63, 3.8) is 0 Å². The van der Waals surface area contributed by atoms with Crippen LogP contribution in [0, 0.1) is 0 Å². The predicted octanol–water partition coefficient (Wildman–Crippen LogP) is 20.0. The van der Waals surface area contributed by atoms with Crippen molar-refractivity contribution in [1.29, 1.82) is 0 Å². The zero-order valence-corrected chi connectivity index (χ0v) is 49.0. The Labute approximate surface area is 439 Å². The molecule has 0 saturated carbocycles. The fourth-order valence-electron chi connectivity index (χ4n) is 5.17. The van der Waals surface area contributed by atoms with Crippen LogP contribution in [0.4, 0.5) is 0 Å². The van der Waals surface area contributed by atoms with Crippen molar-refractivity contribution in [3.05, 3.63) is 76.3 Å². The van der Waals surface area contributed by atoms with E-state index in [-0.39, 0.29) is 0 Å². The third-order valence-electron chi connectivity index (χ3n) is 7.64. The van der Waals surface area contributed by atoms with Gasteiger partial charge in [-0.25, -0.2) is 0 Å². The molecule has 0 aliphatic carbocycles. The molecule has 0 atom stereocenters. The number of thioether (sulfide) groups is 24. The maximum absolute atomic E-state index is 2.14. The highest BCUT2D eigenvalue weighted by Crippen LogP contribution is 2.70. The van der Waals surface area contributed by atoms with Gasteiger partial charge in [-0.3, -0.25) is 0 Å². The molecular weight excluding hydrogens is 1170 g/mol. The van der Waals surface area contributed by atoms with Gasteiger partial charge in [-0.15, -0.1) is 141 Å². The smallest absolute Gasteiger partial charge is 0.0717 e. The first-order chi connectivity index (χ1) is 28.2. The van der Waals surface area contributed by atoms with Crippen LogP contribution in [0.5, 0.6) is 0 Å². The summed E-state index contributed by atoms with van der Waals surface area (Å²) in [5.74, 6) is 14.7. The Balaban J connectivity index is 0.836. The average molecular weight is 1200 g/mol. The quantitative estimate of drug-likeness (QED) is 0.226. The largest absolute Gasteiger partial charge is 0.117 e. The molecule has 0 radical (unpaired) electrons. The van der Waals surface area contributed by atoms with E-state index in [9.17, 15) is 0 Å². The molecule has 10 rings (SSSR count). The summed E-state index contributed by atoms with van der Waals surface area (Å²) in [6, 6.07) is 0. The van der Waals surface area contributed by atoms with Gasteiger partial charge >= 0.3 is 0 Å². The molecule has 0 aromatic rings. The second-order valence-corrected chi connectivity index (χ2v) is 41.8. The van der Waals surface area contributed by atoms with Crippen molar-refractivity contribution in [1.82, 2.24) is 0 Å². The molecule has 0 amide bonds. The Kier molecular flexibility index (Phi) is 19.3. The van der Waals surface area contributed by atoms with Crippen LogP contribution >= 0.6 is 282 Å². The summed E-state index contributed by atoms with van der Waals surface area (Å²) in [4.78, 5) is 0. The van der Waals surface area contributed by atoms with Crippen LogP contribution in [0.3, 0.4) is 0 Å². The first-order valence-electron chi connectivity index (χ1n) is 17.6. The SMILES string of the molecule is C1CSC2=C(SCCCSC3=C(SCCCSC4=C(SC1)SC(=C1SC5=C(SCCS5)S1)S4)SC(=C1SC4=C(SCCS4)S1)S3)SC(=C1SC3=C(SCCS3)S1)S2. The Bertz CT molecular complexity index is 1610. The molecule has 0 spiro atoms. The summed E-state index contributed by atoms with van der Waals surface area (Å²) in [6.45, 7) is 0. The molecule has 0 fully saturated rings. The third-order valence-corrected chi connectivity index (χ3v) is 43.7. The van der Waals surface area contributed by atoms with Crippen LogP contribution in [-0.4, -0.2) is 69.0 Å². The fraction of sp³-hybridized carbons (Fsp3) is 0.455. The minimum atomic E-state index is 1.20. The van der Waals surface area contributed by atoms with Crippen molar-refractivity contribution in [3.8, 4) is 0 Å². The lowest BCUT2D eigenvalue weighted by atomic mass is 10.6. The van der Waals surface area contributed by atoms with E-state index >= 15 is 0 Å². The van der Waals surface area contributed by atoms with E-state index in [1.54, 1.807) is 50.8 Å². The molecule has 0 unspecified atom stereocenters. The monoisotopic (exact) mass is 1190 g/mol. The second-order valence-electron chi connectivity index (χ2n) is 11.6. The zero-order chi connectivity index (χ0) is 38.0. The van der Waals surface area contributed by atoms with E-state index in [1.165, 1.54) is 114 Å². The van der Waals surface area contributed by atoms with E-state index in [0.29, 0.717) is 0 Å². The van der Waals surface area contributed by atoms with Gasteiger partial charge in [0.05, 0.1) is 76.3 Å². The Morgan fingerprint density at radius 2 is 0.263 bits per heavy atom. The van der Waals surface area contributed by atoms with E-state index in [2.05, 4.69) is 282 Å². The highest BCUT2D eigenvalue weighted by molar-refractivity contribution is 8.48. The molecule has 0 bridgehead atoms. The van der Waals surface area contributed by atoms with Gasteiger partial charge in [0.2, 0.25) is 0 Å². The van der Waals surface area contributed by atoms with Gasteiger partial charge in [0.1, 0.15) is 0 Å². The van der Waals surface area contributed by atoms with Crippen molar-refractivity contribution >= 4 is 282 Å². The summed E-state index contributed by atoms with van der Waals surface area (Å²) < 4.78 is 28.0. The molecule has 0 aromatic carbocycles. The summed E-state index contributed by atoms with van der Waals surface area (Å²) in [5.41, 5.74) is 0. The topological polar surface area (TPSA) is 0 Å². The Hall–Kier alpha value is 6.06. The van der Waals surface area contributed by atoms with Gasteiger partial charge in [0, 0.05) is 34.5 Å². The molecule has 0 saturated heterocycles. The summed E-state index contributed by atoms with van der Waals surface area (Å²) in [7, 11) is 0. The number of rotatable bonds is 0. The maximum Gasteiger partial charge on any atom is 0.0717 e. The first kappa shape index (κ1) is 46.8. The van der Waals surface area contributed by atoms with Crippen LogP contribution in [-0.2, 0) is 0 Å².